The van der Waals surface area contributed by atoms with E-state index in [1.165, 1.54) is 0 Å². The summed E-state index contributed by atoms with van der Waals surface area (Å²) in [5, 5.41) is 20.7. The second-order valence-corrected chi connectivity index (χ2v) is 7.56. The van der Waals surface area contributed by atoms with Gasteiger partial charge in [0.15, 0.2) is 0 Å². The molecule has 0 spiro atoms. The lowest BCUT2D eigenvalue weighted by Crippen LogP contribution is -2.57. The molecule has 0 saturated carbocycles. The molecule has 2 aliphatic heterocycles. The maximum Gasteiger partial charge on any atom is 0.312 e. The molecule has 28 heavy (non-hydrogen) atoms. The van der Waals surface area contributed by atoms with Crippen LogP contribution in [0.2, 0.25) is 0 Å². The van der Waals surface area contributed by atoms with Crippen LogP contribution in [0.3, 0.4) is 0 Å². The Bertz CT molecular complexity index is 897. The molecule has 0 aliphatic carbocycles. The minimum absolute atomic E-state index is 0.00551. The molecule has 2 heterocycles. The number of ether oxygens (including phenoxy) is 1. The number of aliphatic hydroxyl groups excluding tert-OH is 1. The minimum Gasteiger partial charge on any atom is -0.493 e. The zero-order valence-corrected chi connectivity index (χ0v) is 15.5. The molecule has 6 nitrogen and oxygen atoms in total. The molecule has 0 radical (unpaired) electrons. The first kappa shape index (κ1) is 18.5. The van der Waals surface area contributed by atoms with Crippen molar-refractivity contribution in [1.82, 2.24) is 4.90 Å². The molecule has 2 aromatic rings. The molecule has 1 amide bonds. The van der Waals surface area contributed by atoms with Crippen molar-refractivity contribution in [3.05, 3.63) is 65.2 Å². The van der Waals surface area contributed by atoms with Gasteiger partial charge in [0.1, 0.15) is 11.2 Å². The third-order valence-electron chi connectivity index (χ3n) is 5.87. The standard InChI is InChI=1S/C22H23NO5/c24-19-14-23(20(25)17-6-7-18-16(12-17)8-11-28-18)10-9-22(19,21(26)27)13-15-4-2-1-3-5-15/h1-7,12,19,24H,8-11,13-14H2,(H,26,27)/t19?,22-/m1/s1. The van der Waals surface area contributed by atoms with E-state index in [9.17, 15) is 19.8 Å². The highest BCUT2D eigenvalue weighted by Crippen LogP contribution is 2.37. The molecule has 2 aromatic carbocycles. The van der Waals surface area contributed by atoms with Crippen molar-refractivity contribution in [3.63, 3.8) is 0 Å². The average molecular weight is 381 g/mol. The molecule has 146 valence electrons. The molecule has 1 unspecified atom stereocenters. The van der Waals surface area contributed by atoms with E-state index in [4.69, 9.17) is 4.74 Å². The fraction of sp³-hybridized carbons (Fsp3) is 0.364. The smallest absolute Gasteiger partial charge is 0.312 e. The molecular weight excluding hydrogens is 358 g/mol. The number of amides is 1. The number of carbonyl (C=O) groups is 2. The lowest BCUT2D eigenvalue weighted by molar-refractivity contribution is -0.161. The van der Waals surface area contributed by atoms with E-state index in [2.05, 4.69) is 0 Å². The highest BCUT2D eigenvalue weighted by Gasteiger charge is 2.49. The highest BCUT2D eigenvalue weighted by molar-refractivity contribution is 5.95. The van der Waals surface area contributed by atoms with Gasteiger partial charge < -0.3 is 19.8 Å². The normalized spacial score (nSPS) is 23.8. The number of fused-ring (bicyclic) bond motifs is 1. The van der Waals surface area contributed by atoms with Gasteiger partial charge >= 0.3 is 5.97 Å². The first-order chi connectivity index (χ1) is 13.5. The SMILES string of the molecule is O=C(c1ccc2c(c1)CCO2)N1CC[C@](Cc2ccccc2)(C(=O)O)C(O)C1. The van der Waals surface area contributed by atoms with Gasteiger partial charge in [0.2, 0.25) is 0 Å². The molecule has 2 atom stereocenters. The molecule has 1 saturated heterocycles. The summed E-state index contributed by atoms with van der Waals surface area (Å²) in [6, 6.07) is 14.7. The Hall–Kier alpha value is -2.86. The van der Waals surface area contributed by atoms with E-state index in [0.717, 1.165) is 23.3 Å². The van der Waals surface area contributed by atoms with E-state index in [0.29, 0.717) is 18.7 Å². The predicted molar refractivity (Wildman–Crippen MR) is 102 cm³/mol. The third kappa shape index (κ3) is 3.24. The van der Waals surface area contributed by atoms with Gasteiger partial charge in [0, 0.05) is 25.1 Å². The van der Waals surface area contributed by atoms with Gasteiger partial charge in [0.05, 0.1) is 12.7 Å². The van der Waals surface area contributed by atoms with E-state index in [1.54, 1.807) is 17.0 Å². The topological polar surface area (TPSA) is 87.1 Å². The number of carboxylic acid groups (broad SMARTS) is 1. The van der Waals surface area contributed by atoms with Gasteiger partial charge in [-0.3, -0.25) is 9.59 Å². The van der Waals surface area contributed by atoms with Crippen molar-refractivity contribution < 1.29 is 24.5 Å². The van der Waals surface area contributed by atoms with Crippen molar-refractivity contribution >= 4 is 11.9 Å². The van der Waals surface area contributed by atoms with Crippen LogP contribution in [0.5, 0.6) is 5.75 Å². The van der Waals surface area contributed by atoms with Crippen LogP contribution in [0.1, 0.15) is 27.9 Å². The van der Waals surface area contributed by atoms with Gasteiger partial charge in [-0.15, -0.1) is 0 Å². The molecule has 0 aromatic heterocycles. The van der Waals surface area contributed by atoms with Crippen LogP contribution in [0.4, 0.5) is 0 Å². The third-order valence-corrected chi connectivity index (χ3v) is 5.87. The molecule has 2 N–H and O–H groups in total. The van der Waals surface area contributed by atoms with Crippen LogP contribution in [-0.4, -0.2) is 52.8 Å². The van der Waals surface area contributed by atoms with E-state index in [1.807, 2.05) is 36.4 Å². The Morgan fingerprint density at radius 1 is 1.18 bits per heavy atom. The largest absolute Gasteiger partial charge is 0.493 e. The van der Waals surface area contributed by atoms with Crippen LogP contribution >= 0.6 is 0 Å². The summed E-state index contributed by atoms with van der Waals surface area (Å²) >= 11 is 0. The Morgan fingerprint density at radius 3 is 2.68 bits per heavy atom. The van der Waals surface area contributed by atoms with E-state index in [-0.39, 0.29) is 25.3 Å². The maximum absolute atomic E-state index is 12.9. The van der Waals surface area contributed by atoms with Gasteiger partial charge in [0.25, 0.3) is 5.91 Å². The molecule has 6 heteroatoms. The Morgan fingerprint density at radius 2 is 1.96 bits per heavy atom. The van der Waals surface area contributed by atoms with Gasteiger partial charge in [-0.25, -0.2) is 0 Å². The summed E-state index contributed by atoms with van der Waals surface area (Å²) < 4.78 is 5.48. The van der Waals surface area contributed by atoms with Gasteiger partial charge in [-0.2, -0.15) is 0 Å². The number of aliphatic carboxylic acids is 1. The predicted octanol–water partition coefficient (Wildman–Crippen LogP) is 2.14. The number of nitrogens with zero attached hydrogens (tertiary/aromatic N) is 1. The van der Waals surface area contributed by atoms with Crippen molar-refractivity contribution in [2.75, 3.05) is 19.7 Å². The van der Waals surface area contributed by atoms with Gasteiger partial charge in [-0.1, -0.05) is 30.3 Å². The summed E-state index contributed by atoms with van der Waals surface area (Å²) in [5.41, 5.74) is 1.13. The molecule has 4 rings (SSSR count). The fourth-order valence-electron chi connectivity index (χ4n) is 4.15. The minimum atomic E-state index is -1.29. The molecule has 0 bridgehead atoms. The van der Waals surface area contributed by atoms with Crippen molar-refractivity contribution in [2.24, 2.45) is 5.41 Å². The summed E-state index contributed by atoms with van der Waals surface area (Å²) in [7, 11) is 0. The van der Waals surface area contributed by atoms with Crippen molar-refractivity contribution in [3.8, 4) is 5.75 Å². The number of aliphatic hydroxyl groups is 1. The highest BCUT2D eigenvalue weighted by atomic mass is 16.5. The molecule has 1 fully saturated rings. The fourth-order valence-corrected chi connectivity index (χ4v) is 4.15. The quantitative estimate of drug-likeness (QED) is 0.847. The summed E-state index contributed by atoms with van der Waals surface area (Å²) in [5.74, 6) is -0.402. The first-order valence-electron chi connectivity index (χ1n) is 9.50. The van der Waals surface area contributed by atoms with Crippen molar-refractivity contribution in [1.29, 1.82) is 0 Å². The second-order valence-electron chi connectivity index (χ2n) is 7.56. The molecule has 2 aliphatic rings. The van der Waals surface area contributed by atoms with E-state index < -0.39 is 17.5 Å². The number of carboxylic acids is 1. The lowest BCUT2D eigenvalue weighted by Gasteiger charge is -2.43. The summed E-state index contributed by atoms with van der Waals surface area (Å²) in [6.07, 6.45) is 0.0830. The average Bonchev–Trinajstić information content (AvgIpc) is 3.17. The number of benzene rings is 2. The number of β-amino-alcohol motifs (C(OH)–C–C–N with tert-alkyl or cyclic N) is 1. The van der Waals surface area contributed by atoms with Crippen LogP contribution in [0.25, 0.3) is 0 Å². The number of carbonyl (C=O) groups excluding carboxylic acids is 1. The lowest BCUT2D eigenvalue weighted by atomic mass is 9.71. The summed E-state index contributed by atoms with van der Waals surface area (Å²) in [4.78, 5) is 26.5. The van der Waals surface area contributed by atoms with Crippen LogP contribution in [0.15, 0.2) is 48.5 Å². The van der Waals surface area contributed by atoms with Crippen LogP contribution < -0.4 is 4.74 Å². The van der Waals surface area contributed by atoms with Crippen molar-refractivity contribution in [2.45, 2.75) is 25.4 Å². The van der Waals surface area contributed by atoms with E-state index >= 15 is 0 Å². The number of hydrogen-bond donors (Lipinski definition) is 2. The zero-order valence-electron chi connectivity index (χ0n) is 15.5. The number of piperidine rings is 1. The Kier molecular flexibility index (Phi) is 4.81. The van der Waals surface area contributed by atoms with Crippen LogP contribution in [-0.2, 0) is 17.6 Å². The Labute approximate surface area is 163 Å². The Balaban J connectivity index is 1.52. The second kappa shape index (κ2) is 7.28. The maximum atomic E-state index is 12.9. The van der Waals surface area contributed by atoms with Crippen LogP contribution in [0, 0.1) is 5.41 Å². The number of likely N-dealkylation sites (tertiary alicyclic amines) is 1. The first-order valence-corrected chi connectivity index (χ1v) is 9.50. The number of rotatable bonds is 4. The van der Waals surface area contributed by atoms with Gasteiger partial charge in [-0.05, 0) is 42.2 Å². The monoisotopic (exact) mass is 381 g/mol. The number of hydrogen-bond acceptors (Lipinski definition) is 4. The zero-order chi connectivity index (χ0) is 19.7. The summed E-state index contributed by atoms with van der Waals surface area (Å²) in [6.45, 7) is 0.921. The molecular formula is C22H23NO5.